The summed E-state index contributed by atoms with van der Waals surface area (Å²) in [5, 5.41) is 0. The van der Waals surface area contributed by atoms with Gasteiger partial charge < -0.3 is 14.2 Å². The summed E-state index contributed by atoms with van der Waals surface area (Å²) in [5.74, 6) is 0.517. The van der Waals surface area contributed by atoms with Crippen LogP contribution in [0.3, 0.4) is 0 Å². The molecule has 5 heteroatoms. The van der Waals surface area contributed by atoms with Gasteiger partial charge in [-0.05, 0) is 60.5 Å². The summed E-state index contributed by atoms with van der Waals surface area (Å²) in [7, 11) is 1.57. The molecule has 0 atom stereocenters. The first-order valence-corrected chi connectivity index (χ1v) is 9.76. The molecule has 0 bridgehead atoms. The van der Waals surface area contributed by atoms with Gasteiger partial charge in [-0.2, -0.15) is 0 Å². The van der Waals surface area contributed by atoms with Crippen LogP contribution in [0.2, 0.25) is 0 Å². The fourth-order valence-electron chi connectivity index (χ4n) is 2.50. The number of hydrogen-bond acceptors (Lipinski definition) is 5. The first kappa shape index (κ1) is 21.6. The van der Waals surface area contributed by atoms with Gasteiger partial charge in [0.25, 0.3) is 0 Å². The van der Waals surface area contributed by atoms with Crippen molar-refractivity contribution < 1.29 is 19.0 Å². The van der Waals surface area contributed by atoms with E-state index in [0.717, 1.165) is 30.0 Å². The highest BCUT2D eigenvalue weighted by atomic mass is 16.6. The molecule has 0 saturated carbocycles. The van der Waals surface area contributed by atoms with Gasteiger partial charge in [0.2, 0.25) is 0 Å². The molecule has 150 valence electrons. The summed E-state index contributed by atoms with van der Waals surface area (Å²) in [6.07, 6.45) is 6.58. The highest BCUT2D eigenvalue weighted by molar-refractivity contribution is 5.90. The van der Waals surface area contributed by atoms with Crippen LogP contribution in [-0.4, -0.2) is 39.1 Å². The Morgan fingerprint density at radius 2 is 1.68 bits per heavy atom. The predicted octanol–water partition coefficient (Wildman–Crippen LogP) is 5.20. The van der Waals surface area contributed by atoms with Crippen LogP contribution in [0.5, 0.6) is 5.75 Å². The molecule has 2 aromatic carbocycles. The number of benzene rings is 2. The molecule has 0 saturated heterocycles. The van der Waals surface area contributed by atoms with Crippen LogP contribution in [0.1, 0.15) is 48.5 Å². The van der Waals surface area contributed by atoms with Gasteiger partial charge in [-0.3, -0.25) is 4.99 Å². The van der Waals surface area contributed by atoms with Crippen molar-refractivity contribution in [3.63, 3.8) is 0 Å². The van der Waals surface area contributed by atoms with E-state index >= 15 is 0 Å². The fourth-order valence-corrected chi connectivity index (χ4v) is 2.50. The third kappa shape index (κ3) is 7.92. The van der Waals surface area contributed by atoms with E-state index in [0.29, 0.717) is 12.2 Å². The zero-order chi connectivity index (χ0) is 20.0. The molecule has 2 aromatic rings. The number of nitrogens with zero attached hydrogens (tertiary/aromatic N) is 1. The highest BCUT2D eigenvalue weighted by Crippen LogP contribution is 2.16. The van der Waals surface area contributed by atoms with E-state index in [9.17, 15) is 4.79 Å². The maximum atomic E-state index is 11.8. The van der Waals surface area contributed by atoms with Crippen LogP contribution in [0, 0.1) is 0 Å². The molecule has 0 fully saturated rings. The molecular formula is C23H29NO4. The average molecular weight is 383 g/mol. The monoisotopic (exact) mass is 383 g/mol. The van der Waals surface area contributed by atoms with Gasteiger partial charge in [0.05, 0.1) is 24.5 Å². The van der Waals surface area contributed by atoms with Crippen molar-refractivity contribution in [3.8, 4) is 5.75 Å². The molecule has 0 spiro atoms. The Hall–Kier alpha value is -2.66. The molecule has 0 aromatic heterocycles. The molecule has 0 radical (unpaired) electrons. The Labute approximate surface area is 167 Å². The minimum Gasteiger partial charge on any atom is -0.494 e. The number of esters is 1. The zero-order valence-corrected chi connectivity index (χ0v) is 16.7. The Balaban J connectivity index is 1.81. The van der Waals surface area contributed by atoms with Gasteiger partial charge in [0, 0.05) is 13.3 Å². The molecule has 0 aliphatic heterocycles. The molecule has 0 aliphatic rings. The number of methoxy groups -OCH3 is 1. The Bertz CT molecular complexity index is 723. The third-order valence-electron chi connectivity index (χ3n) is 4.13. The predicted molar refractivity (Wildman–Crippen MR) is 112 cm³/mol. The van der Waals surface area contributed by atoms with Crippen molar-refractivity contribution in [2.24, 2.45) is 4.99 Å². The van der Waals surface area contributed by atoms with Crippen LogP contribution in [-0.2, 0) is 9.47 Å². The first-order chi connectivity index (χ1) is 13.7. The van der Waals surface area contributed by atoms with Gasteiger partial charge in [0.15, 0.2) is 0 Å². The molecule has 0 heterocycles. The van der Waals surface area contributed by atoms with E-state index in [-0.39, 0.29) is 12.6 Å². The topological polar surface area (TPSA) is 57.1 Å². The fraction of sp³-hybridized carbons (Fsp3) is 0.391. The number of carbonyl (C=O) groups excluding carboxylic acids is 1. The van der Waals surface area contributed by atoms with Crippen LogP contribution in [0.15, 0.2) is 53.5 Å². The third-order valence-corrected chi connectivity index (χ3v) is 4.13. The Morgan fingerprint density at radius 1 is 0.929 bits per heavy atom. The smallest absolute Gasteiger partial charge is 0.338 e. The summed E-state index contributed by atoms with van der Waals surface area (Å²) in [4.78, 5) is 16.3. The van der Waals surface area contributed by atoms with Crippen molar-refractivity contribution in [3.05, 3.63) is 59.7 Å². The Morgan fingerprint density at radius 3 is 2.36 bits per heavy atom. The number of carbonyl (C=O) groups is 1. The van der Waals surface area contributed by atoms with Crippen molar-refractivity contribution in [1.82, 2.24) is 0 Å². The molecule has 2 rings (SSSR count). The molecule has 28 heavy (non-hydrogen) atoms. The van der Waals surface area contributed by atoms with Crippen LogP contribution in [0.4, 0.5) is 5.69 Å². The number of aliphatic imine (C=N–C) groups is 1. The SMILES string of the molecule is CCCCCCOc1ccc(C=Nc2ccc(C(=O)OCCOC)cc2)cc1. The summed E-state index contributed by atoms with van der Waals surface area (Å²) < 4.78 is 15.7. The lowest BCUT2D eigenvalue weighted by Crippen LogP contribution is -2.09. The normalized spacial score (nSPS) is 10.9. The van der Waals surface area contributed by atoms with Crippen LogP contribution >= 0.6 is 0 Å². The Kier molecular flexibility index (Phi) is 9.80. The lowest BCUT2D eigenvalue weighted by Gasteiger charge is -2.06. The summed E-state index contributed by atoms with van der Waals surface area (Å²) in [5.41, 5.74) is 2.25. The van der Waals surface area contributed by atoms with E-state index in [2.05, 4.69) is 11.9 Å². The van der Waals surface area contributed by atoms with E-state index < -0.39 is 0 Å². The number of rotatable bonds is 12. The van der Waals surface area contributed by atoms with Crippen molar-refractivity contribution in [1.29, 1.82) is 0 Å². The molecule has 0 aliphatic carbocycles. The highest BCUT2D eigenvalue weighted by Gasteiger charge is 2.06. The second-order valence-electron chi connectivity index (χ2n) is 6.41. The van der Waals surface area contributed by atoms with Gasteiger partial charge in [0.1, 0.15) is 12.4 Å². The van der Waals surface area contributed by atoms with E-state index in [1.165, 1.54) is 19.3 Å². The average Bonchev–Trinajstić information content (AvgIpc) is 2.73. The zero-order valence-electron chi connectivity index (χ0n) is 16.7. The summed E-state index contributed by atoms with van der Waals surface area (Å²) in [6, 6.07) is 14.9. The summed E-state index contributed by atoms with van der Waals surface area (Å²) in [6.45, 7) is 3.59. The second-order valence-corrected chi connectivity index (χ2v) is 6.41. The molecule has 0 unspecified atom stereocenters. The van der Waals surface area contributed by atoms with Gasteiger partial charge in [-0.25, -0.2) is 4.79 Å². The van der Waals surface area contributed by atoms with Gasteiger partial charge >= 0.3 is 5.97 Å². The maximum absolute atomic E-state index is 11.8. The number of unbranched alkanes of at least 4 members (excludes halogenated alkanes) is 3. The lowest BCUT2D eigenvalue weighted by molar-refractivity contribution is 0.0388. The van der Waals surface area contributed by atoms with E-state index in [1.807, 2.05) is 24.3 Å². The minimum atomic E-state index is -0.363. The number of ether oxygens (including phenoxy) is 3. The summed E-state index contributed by atoms with van der Waals surface area (Å²) >= 11 is 0. The van der Waals surface area contributed by atoms with Crippen molar-refractivity contribution in [2.45, 2.75) is 32.6 Å². The van der Waals surface area contributed by atoms with E-state index in [1.54, 1.807) is 37.6 Å². The molecular weight excluding hydrogens is 354 g/mol. The second kappa shape index (κ2) is 12.7. The quantitative estimate of drug-likeness (QED) is 0.287. The van der Waals surface area contributed by atoms with Gasteiger partial charge in [-0.1, -0.05) is 26.2 Å². The maximum Gasteiger partial charge on any atom is 0.338 e. The standard InChI is InChI=1S/C23H29NO4/c1-3-4-5-6-15-27-22-13-7-19(8-14-22)18-24-21-11-9-20(10-12-21)23(25)28-17-16-26-2/h7-14,18H,3-6,15-17H2,1-2H3. The largest absolute Gasteiger partial charge is 0.494 e. The van der Waals surface area contributed by atoms with Crippen LogP contribution < -0.4 is 4.74 Å². The minimum absolute atomic E-state index is 0.244. The van der Waals surface area contributed by atoms with Crippen molar-refractivity contribution >= 4 is 17.9 Å². The molecule has 5 nitrogen and oxygen atoms in total. The van der Waals surface area contributed by atoms with E-state index in [4.69, 9.17) is 14.2 Å². The van der Waals surface area contributed by atoms with Crippen molar-refractivity contribution in [2.75, 3.05) is 26.9 Å². The van der Waals surface area contributed by atoms with Crippen LogP contribution in [0.25, 0.3) is 0 Å². The van der Waals surface area contributed by atoms with Gasteiger partial charge in [-0.15, -0.1) is 0 Å². The first-order valence-electron chi connectivity index (χ1n) is 9.76. The molecule has 0 N–H and O–H groups in total. The number of hydrogen-bond donors (Lipinski definition) is 0. The molecule has 0 amide bonds. The lowest BCUT2D eigenvalue weighted by atomic mass is 10.2.